The number of carbonyl (C=O) groups is 3. The molecule has 0 aromatic heterocycles. The number of primary amides is 1. The largest absolute Gasteiger partial charge is 0.369 e. The Bertz CT molecular complexity index is 836. The van der Waals surface area contributed by atoms with E-state index in [1.807, 2.05) is 11.0 Å². The third-order valence-corrected chi connectivity index (χ3v) is 4.76. The molecule has 3 rings (SSSR count). The van der Waals surface area contributed by atoms with Crippen LogP contribution in [0.4, 0.5) is 5.69 Å². The van der Waals surface area contributed by atoms with Gasteiger partial charge in [-0.25, -0.2) is 0 Å². The molecule has 2 amide bonds. The average molecular weight is 365 g/mol. The molecule has 0 spiro atoms. The summed E-state index contributed by atoms with van der Waals surface area (Å²) in [7, 11) is 0. The Morgan fingerprint density at radius 1 is 1.04 bits per heavy atom. The van der Waals surface area contributed by atoms with Crippen molar-refractivity contribution in [2.24, 2.45) is 11.7 Å². The van der Waals surface area contributed by atoms with Crippen LogP contribution in [-0.4, -0.2) is 42.1 Å². The average Bonchev–Trinajstić information content (AvgIpc) is 2.68. The van der Waals surface area contributed by atoms with Crippen LogP contribution in [0.2, 0.25) is 0 Å². The summed E-state index contributed by atoms with van der Waals surface area (Å²) in [5.41, 5.74) is 6.89. The van der Waals surface area contributed by atoms with Crippen LogP contribution < -0.4 is 11.1 Å². The number of carbonyl (C=O) groups excluding carboxylic acids is 3. The van der Waals surface area contributed by atoms with Crippen LogP contribution in [0.15, 0.2) is 54.6 Å². The minimum absolute atomic E-state index is 0.140. The molecule has 0 unspecified atom stereocenters. The van der Waals surface area contributed by atoms with Gasteiger partial charge in [-0.2, -0.15) is 0 Å². The Hall–Kier alpha value is -2.99. The van der Waals surface area contributed by atoms with Crippen LogP contribution in [0.3, 0.4) is 0 Å². The molecule has 1 heterocycles. The number of nitrogens with one attached hydrogen (secondary N) is 1. The Balaban J connectivity index is 1.68. The predicted molar refractivity (Wildman–Crippen MR) is 103 cm³/mol. The third kappa shape index (κ3) is 4.80. The predicted octanol–water partition coefficient (Wildman–Crippen LogP) is 2.05. The first-order valence-electron chi connectivity index (χ1n) is 9.05. The maximum Gasteiger partial charge on any atom is 0.238 e. The number of rotatable bonds is 6. The monoisotopic (exact) mass is 365 g/mol. The van der Waals surface area contributed by atoms with Crippen LogP contribution in [0.1, 0.15) is 28.8 Å². The summed E-state index contributed by atoms with van der Waals surface area (Å²) >= 11 is 0. The molecule has 3 N–H and O–H groups in total. The molecule has 1 fully saturated rings. The fourth-order valence-electron chi connectivity index (χ4n) is 3.36. The van der Waals surface area contributed by atoms with E-state index in [9.17, 15) is 14.4 Å². The fraction of sp³-hybridized carbons (Fsp3) is 0.286. The lowest BCUT2D eigenvalue weighted by Crippen LogP contribution is -2.44. The quantitative estimate of drug-likeness (QED) is 0.767. The maximum atomic E-state index is 12.7. The minimum atomic E-state index is -0.320. The third-order valence-electron chi connectivity index (χ3n) is 4.76. The summed E-state index contributed by atoms with van der Waals surface area (Å²) in [6.07, 6.45) is 1.60. The van der Waals surface area contributed by atoms with Crippen molar-refractivity contribution in [1.29, 1.82) is 0 Å². The Labute approximate surface area is 158 Å². The Morgan fingerprint density at radius 3 is 2.48 bits per heavy atom. The van der Waals surface area contributed by atoms with E-state index in [0.717, 1.165) is 19.4 Å². The van der Waals surface area contributed by atoms with Crippen molar-refractivity contribution in [3.05, 3.63) is 65.7 Å². The number of piperidine rings is 1. The van der Waals surface area contributed by atoms with Crippen molar-refractivity contribution < 1.29 is 14.4 Å². The van der Waals surface area contributed by atoms with Gasteiger partial charge in [0, 0.05) is 17.7 Å². The molecule has 6 nitrogen and oxygen atoms in total. The smallest absolute Gasteiger partial charge is 0.238 e. The number of amides is 2. The van der Waals surface area contributed by atoms with E-state index in [0.29, 0.717) is 23.4 Å². The van der Waals surface area contributed by atoms with E-state index in [1.165, 1.54) is 0 Å². The molecule has 1 saturated heterocycles. The molecule has 2 aromatic rings. The van der Waals surface area contributed by atoms with Gasteiger partial charge >= 0.3 is 0 Å². The summed E-state index contributed by atoms with van der Waals surface area (Å²) < 4.78 is 0. The molecule has 1 aliphatic heterocycles. The highest BCUT2D eigenvalue weighted by atomic mass is 16.2. The van der Waals surface area contributed by atoms with Crippen LogP contribution >= 0.6 is 0 Å². The van der Waals surface area contributed by atoms with Gasteiger partial charge in [-0.05, 0) is 31.5 Å². The molecule has 27 heavy (non-hydrogen) atoms. The number of ketones is 1. The molecule has 2 aromatic carbocycles. The molecule has 0 bridgehead atoms. The second kappa shape index (κ2) is 8.60. The van der Waals surface area contributed by atoms with Gasteiger partial charge in [-0.15, -0.1) is 0 Å². The number of hydrogen-bond donors (Lipinski definition) is 2. The van der Waals surface area contributed by atoms with Crippen LogP contribution in [0, 0.1) is 5.92 Å². The van der Waals surface area contributed by atoms with Crippen LogP contribution in [-0.2, 0) is 9.59 Å². The molecular formula is C21H23N3O3. The van der Waals surface area contributed by atoms with E-state index in [1.54, 1.807) is 48.5 Å². The molecule has 6 heteroatoms. The zero-order chi connectivity index (χ0) is 19.2. The van der Waals surface area contributed by atoms with Crippen molar-refractivity contribution in [2.45, 2.75) is 12.8 Å². The molecular weight excluding hydrogens is 342 g/mol. The van der Waals surface area contributed by atoms with Gasteiger partial charge in [0.05, 0.1) is 18.2 Å². The second-order valence-corrected chi connectivity index (χ2v) is 6.77. The Kier molecular flexibility index (Phi) is 5.98. The topological polar surface area (TPSA) is 92.5 Å². The second-order valence-electron chi connectivity index (χ2n) is 6.77. The summed E-state index contributed by atoms with van der Waals surface area (Å²) in [4.78, 5) is 38.5. The molecule has 0 saturated carbocycles. The molecule has 140 valence electrons. The number of nitrogens with two attached hydrogens (primary N) is 1. The standard InChI is InChI=1S/C21H23N3O3/c22-21(27)16-9-6-12-24(13-16)14-19(25)23-18-11-5-4-10-17(18)20(26)15-7-2-1-3-8-15/h1-5,7-8,10-11,16H,6,9,12-14H2,(H2,22,27)(H,23,25)/t16-/m0/s1. The molecule has 0 radical (unpaired) electrons. The molecule has 0 aliphatic carbocycles. The lowest BCUT2D eigenvalue weighted by atomic mass is 9.97. The fourth-order valence-corrected chi connectivity index (χ4v) is 3.36. The Morgan fingerprint density at radius 2 is 1.74 bits per heavy atom. The lowest BCUT2D eigenvalue weighted by Gasteiger charge is -2.30. The first kappa shape index (κ1) is 18.8. The van der Waals surface area contributed by atoms with Crippen molar-refractivity contribution in [3.8, 4) is 0 Å². The van der Waals surface area contributed by atoms with E-state index in [4.69, 9.17) is 5.73 Å². The van der Waals surface area contributed by atoms with Gasteiger partial charge in [-0.3, -0.25) is 19.3 Å². The van der Waals surface area contributed by atoms with Crippen molar-refractivity contribution in [1.82, 2.24) is 4.90 Å². The van der Waals surface area contributed by atoms with Gasteiger partial charge < -0.3 is 11.1 Å². The minimum Gasteiger partial charge on any atom is -0.369 e. The SMILES string of the molecule is NC(=O)[C@H]1CCCN(CC(=O)Nc2ccccc2C(=O)c2ccccc2)C1. The number of nitrogens with zero attached hydrogens (tertiary/aromatic N) is 1. The van der Waals surface area contributed by atoms with Gasteiger partial charge in [0.1, 0.15) is 0 Å². The highest BCUT2D eigenvalue weighted by Crippen LogP contribution is 2.20. The molecule has 1 aliphatic rings. The number of para-hydroxylation sites is 1. The van der Waals surface area contributed by atoms with Gasteiger partial charge in [0.15, 0.2) is 5.78 Å². The highest BCUT2D eigenvalue weighted by Gasteiger charge is 2.25. The zero-order valence-electron chi connectivity index (χ0n) is 15.1. The number of likely N-dealkylation sites (tertiary alicyclic amines) is 1. The van der Waals surface area contributed by atoms with E-state index >= 15 is 0 Å². The number of benzene rings is 2. The van der Waals surface area contributed by atoms with E-state index in [-0.39, 0.29) is 30.1 Å². The first-order chi connectivity index (χ1) is 13.0. The summed E-state index contributed by atoms with van der Waals surface area (Å²) in [5, 5.41) is 2.83. The number of hydrogen-bond acceptors (Lipinski definition) is 4. The zero-order valence-corrected chi connectivity index (χ0v) is 15.1. The van der Waals surface area contributed by atoms with E-state index in [2.05, 4.69) is 5.32 Å². The van der Waals surface area contributed by atoms with Gasteiger partial charge in [-0.1, -0.05) is 42.5 Å². The first-order valence-corrected chi connectivity index (χ1v) is 9.05. The van der Waals surface area contributed by atoms with Crippen molar-refractivity contribution >= 4 is 23.3 Å². The number of anilines is 1. The summed E-state index contributed by atoms with van der Waals surface area (Å²) in [6.45, 7) is 1.41. The maximum absolute atomic E-state index is 12.7. The highest BCUT2D eigenvalue weighted by molar-refractivity contribution is 6.13. The lowest BCUT2D eigenvalue weighted by molar-refractivity contribution is -0.125. The normalized spacial score (nSPS) is 17.3. The van der Waals surface area contributed by atoms with E-state index < -0.39 is 0 Å². The van der Waals surface area contributed by atoms with Gasteiger partial charge in [0.2, 0.25) is 11.8 Å². The molecule has 1 atom stereocenters. The van der Waals surface area contributed by atoms with Crippen LogP contribution in [0.25, 0.3) is 0 Å². The van der Waals surface area contributed by atoms with Crippen molar-refractivity contribution in [3.63, 3.8) is 0 Å². The van der Waals surface area contributed by atoms with Crippen molar-refractivity contribution in [2.75, 3.05) is 25.0 Å². The summed E-state index contributed by atoms with van der Waals surface area (Å²) in [5.74, 6) is -0.885. The summed E-state index contributed by atoms with van der Waals surface area (Å²) in [6, 6.07) is 15.9. The van der Waals surface area contributed by atoms with Crippen LogP contribution in [0.5, 0.6) is 0 Å². The van der Waals surface area contributed by atoms with Gasteiger partial charge in [0.25, 0.3) is 0 Å².